The molecule has 0 aliphatic heterocycles. The Morgan fingerprint density at radius 1 is 0.688 bits per heavy atom. The van der Waals surface area contributed by atoms with Crippen LogP contribution >= 0.6 is 0 Å². The standard InChI is InChI=1S/2C12H21Si.C2H6Si.2ClH.Zr/c2*1-12(2,3)10-7-8-11(9-10)13(4,5)6;1-3-2;;;/h2*9H,7H2,1-6H3;1-2H3;2*1H;/q2*-1;;;;+2/p-2. The van der Waals surface area contributed by atoms with Crippen molar-refractivity contribution in [3.63, 3.8) is 0 Å². The Balaban J connectivity index is -0.000000428. The van der Waals surface area contributed by atoms with E-state index >= 15 is 0 Å². The fraction of sp³-hybridized carbons (Fsp3) is 0.692. The van der Waals surface area contributed by atoms with Gasteiger partial charge < -0.3 is 24.8 Å². The van der Waals surface area contributed by atoms with Gasteiger partial charge in [-0.15, -0.1) is 12.8 Å². The van der Waals surface area contributed by atoms with Gasteiger partial charge in [0.05, 0.1) is 0 Å². The average molecular weight is 607 g/mol. The Morgan fingerprint density at radius 2 is 0.906 bits per heavy atom. The fourth-order valence-electron chi connectivity index (χ4n) is 2.86. The zero-order valence-electron chi connectivity index (χ0n) is 23.3. The van der Waals surface area contributed by atoms with Crippen LogP contribution < -0.4 is 24.8 Å². The molecule has 32 heavy (non-hydrogen) atoms. The first kappa shape index (κ1) is 37.6. The molecule has 6 heteroatoms. The minimum Gasteiger partial charge on any atom is -1.00 e. The van der Waals surface area contributed by atoms with Gasteiger partial charge in [-0.25, -0.2) is 22.5 Å². The zero-order valence-corrected chi connectivity index (χ0v) is 30.3. The molecule has 184 valence electrons. The summed E-state index contributed by atoms with van der Waals surface area (Å²) >= 11 is 1.74. The van der Waals surface area contributed by atoms with Gasteiger partial charge in [0, 0.05) is 16.1 Å². The van der Waals surface area contributed by atoms with Crippen molar-refractivity contribution in [2.45, 2.75) is 107 Å². The molecule has 0 aromatic carbocycles. The van der Waals surface area contributed by atoms with Crippen LogP contribution in [0.3, 0.4) is 0 Å². The van der Waals surface area contributed by atoms with Crippen molar-refractivity contribution in [3.05, 3.63) is 45.8 Å². The van der Waals surface area contributed by atoms with Crippen LogP contribution in [0.2, 0.25) is 52.4 Å². The molecule has 0 aromatic rings. The summed E-state index contributed by atoms with van der Waals surface area (Å²) in [4.78, 5) is 0. The molecule has 0 amide bonds. The Bertz CT molecular complexity index is 671. The van der Waals surface area contributed by atoms with E-state index in [4.69, 9.17) is 0 Å². The van der Waals surface area contributed by atoms with E-state index in [2.05, 4.69) is 118 Å². The van der Waals surface area contributed by atoms with Gasteiger partial charge in [-0.05, 0) is 10.8 Å². The van der Waals surface area contributed by atoms with Gasteiger partial charge in [0.2, 0.25) is 0 Å². The van der Waals surface area contributed by atoms with Crippen LogP contribution in [0.5, 0.6) is 0 Å². The first-order valence-electron chi connectivity index (χ1n) is 11.3. The number of allylic oxidation sites excluding steroid dienone is 8. The van der Waals surface area contributed by atoms with Crippen LogP contribution in [0.1, 0.15) is 54.4 Å². The molecule has 0 spiro atoms. The third-order valence-electron chi connectivity index (χ3n) is 5.12. The van der Waals surface area contributed by atoms with Crippen molar-refractivity contribution < 1.29 is 48.1 Å². The molecular formula is C26H48Cl2Si3Zr-2. The SMILES string of the molecule is CC(C)(C)C1=CC([Si](C)(C)C)=[C-]C1.CC(C)(C)C1=CC([Si](C)(C)C)=[C-]C1.C[Si](C)=[Zr+2].[Cl-].[Cl-]. The molecular weight excluding hydrogens is 559 g/mol. The van der Waals surface area contributed by atoms with Crippen LogP contribution in [-0.4, -0.2) is 21.6 Å². The summed E-state index contributed by atoms with van der Waals surface area (Å²) in [6, 6.07) is 0. The molecule has 0 aromatic heterocycles. The Kier molecular flexibility index (Phi) is 17.2. The molecule has 0 saturated carbocycles. The first-order valence-corrected chi connectivity index (χ1v) is 24.5. The van der Waals surface area contributed by atoms with Crippen molar-refractivity contribution in [1.29, 1.82) is 0 Å². The van der Waals surface area contributed by atoms with E-state index in [1.165, 1.54) is 10.4 Å². The third kappa shape index (κ3) is 15.1. The van der Waals surface area contributed by atoms with E-state index in [0.29, 0.717) is 10.8 Å². The van der Waals surface area contributed by atoms with E-state index in [1.54, 1.807) is 34.5 Å². The molecule has 0 heterocycles. The fourth-order valence-corrected chi connectivity index (χ4v) is 5.31. The number of halogens is 2. The monoisotopic (exact) mass is 604 g/mol. The van der Waals surface area contributed by atoms with Crippen molar-refractivity contribution in [3.8, 4) is 0 Å². The summed E-state index contributed by atoms with van der Waals surface area (Å²) in [5, 5.41) is 3.02. The second-order valence-corrected chi connectivity index (χ2v) is 32.3. The molecule has 0 N–H and O–H groups in total. The van der Waals surface area contributed by atoms with Gasteiger partial charge in [-0.1, -0.05) is 80.8 Å². The Morgan fingerprint density at radius 3 is 1.00 bits per heavy atom. The molecule has 2 aliphatic rings. The molecule has 0 atom stereocenters. The molecule has 0 saturated heterocycles. The van der Waals surface area contributed by atoms with Gasteiger partial charge in [-0.2, -0.15) is 11.1 Å². The Hall–Kier alpha value is 1.07. The van der Waals surface area contributed by atoms with E-state index in [9.17, 15) is 0 Å². The van der Waals surface area contributed by atoms with E-state index in [1.807, 2.05) is 0 Å². The largest absolute Gasteiger partial charge is 1.00 e. The summed E-state index contributed by atoms with van der Waals surface area (Å²) in [7, 11) is -2.23. The summed E-state index contributed by atoms with van der Waals surface area (Å²) in [5.74, 6) is 0. The van der Waals surface area contributed by atoms with E-state index in [-0.39, 0.29) is 30.2 Å². The molecule has 2 rings (SSSR count). The van der Waals surface area contributed by atoms with Gasteiger partial charge in [0.15, 0.2) is 0 Å². The summed E-state index contributed by atoms with van der Waals surface area (Å²) < 4.78 is 0. The topological polar surface area (TPSA) is 0 Å². The van der Waals surface area contributed by atoms with Crippen molar-refractivity contribution in [2.24, 2.45) is 10.8 Å². The van der Waals surface area contributed by atoms with E-state index < -0.39 is 16.1 Å². The van der Waals surface area contributed by atoms with Gasteiger partial charge in [0.25, 0.3) is 0 Å². The summed E-state index contributed by atoms with van der Waals surface area (Å²) in [6.07, 6.45) is 14.0. The molecule has 0 unspecified atom stereocenters. The third-order valence-corrected chi connectivity index (χ3v) is 8.99. The van der Waals surface area contributed by atoms with Crippen molar-refractivity contribution >= 4 is 21.6 Å². The van der Waals surface area contributed by atoms with Crippen LogP contribution in [0.25, 0.3) is 0 Å². The maximum Gasteiger partial charge on any atom is -1.00 e. The summed E-state index contributed by atoms with van der Waals surface area (Å²) in [5.41, 5.74) is 3.96. The van der Waals surface area contributed by atoms with E-state index in [0.717, 1.165) is 12.8 Å². The normalized spacial score (nSPS) is 16.0. The number of hydrogen-bond acceptors (Lipinski definition) is 0. The predicted octanol–water partition coefficient (Wildman–Crippen LogP) is 2.73. The zero-order chi connectivity index (χ0) is 24.1. The van der Waals surface area contributed by atoms with Gasteiger partial charge >= 0.3 is 41.9 Å². The second-order valence-electron chi connectivity index (χ2n) is 12.9. The van der Waals surface area contributed by atoms with Crippen molar-refractivity contribution in [1.82, 2.24) is 0 Å². The average Bonchev–Trinajstić information content (AvgIpc) is 3.15. The molecule has 0 bridgehead atoms. The number of rotatable bonds is 2. The maximum atomic E-state index is 3.54. The summed E-state index contributed by atoms with van der Waals surface area (Å²) in [6.45, 7) is 32.6. The predicted molar refractivity (Wildman–Crippen MR) is 142 cm³/mol. The first-order chi connectivity index (χ1) is 13.2. The number of hydrogen-bond donors (Lipinski definition) is 0. The molecule has 0 radical (unpaired) electrons. The van der Waals surface area contributed by atoms with Gasteiger partial charge in [0.1, 0.15) is 0 Å². The van der Waals surface area contributed by atoms with Crippen LogP contribution in [0.15, 0.2) is 33.7 Å². The maximum absolute atomic E-state index is 3.54. The van der Waals surface area contributed by atoms with Crippen LogP contribution in [0.4, 0.5) is 0 Å². The second kappa shape index (κ2) is 14.6. The quantitative estimate of drug-likeness (QED) is 0.335. The molecule has 0 fully saturated rings. The smallest absolute Gasteiger partial charge is 1.00 e. The van der Waals surface area contributed by atoms with Gasteiger partial charge in [-0.3, -0.25) is 12.2 Å². The molecule has 0 nitrogen and oxygen atoms in total. The molecule has 2 aliphatic carbocycles. The Labute approximate surface area is 231 Å². The minimum atomic E-state index is -1.12. The minimum absolute atomic E-state index is 0. The van der Waals surface area contributed by atoms with Crippen molar-refractivity contribution in [2.75, 3.05) is 0 Å². The van der Waals surface area contributed by atoms with Crippen LogP contribution in [-0.2, 0) is 23.3 Å². The van der Waals surface area contributed by atoms with Crippen LogP contribution in [0, 0.1) is 23.0 Å².